The third-order valence-electron chi connectivity index (χ3n) is 2.83. The summed E-state index contributed by atoms with van der Waals surface area (Å²) in [6.07, 6.45) is 0. The van der Waals surface area contributed by atoms with E-state index in [1.54, 1.807) is 0 Å². The molecule has 2 rings (SSSR count). The predicted molar refractivity (Wildman–Crippen MR) is 80.9 cm³/mol. The van der Waals surface area contributed by atoms with Crippen LogP contribution in [0.25, 0.3) is 0 Å². The van der Waals surface area contributed by atoms with E-state index in [1.165, 1.54) is 11.3 Å². The molecule has 3 heteroatoms. The van der Waals surface area contributed by atoms with Crippen LogP contribution < -0.4 is 10.6 Å². The summed E-state index contributed by atoms with van der Waals surface area (Å²) in [6.45, 7) is 0.834. The van der Waals surface area contributed by atoms with E-state index in [9.17, 15) is 0 Å². The minimum absolute atomic E-state index is 0.444. The Kier molecular flexibility index (Phi) is 3.95. The van der Waals surface area contributed by atoms with Crippen LogP contribution in [-0.2, 0) is 6.54 Å². The number of hydrogen-bond donors (Lipinski definition) is 1. The van der Waals surface area contributed by atoms with Gasteiger partial charge in [-0.15, -0.1) is 0 Å². The molecular formula is C15H16N2S. The maximum atomic E-state index is 5.64. The minimum Gasteiger partial charge on any atom is -0.389 e. The van der Waals surface area contributed by atoms with Gasteiger partial charge in [-0.25, -0.2) is 0 Å². The number of anilines is 1. The van der Waals surface area contributed by atoms with Crippen molar-refractivity contribution < 1.29 is 0 Å². The van der Waals surface area contributed by atoms with Crippen LogP contribution in [0, 0.1) is 0 Å². The van der Waals surface area contributed by atoms with E-state index in [0.717, 1.165) is 12.1 Å². The van der Waals surface area contributed by atoms with Crippen LogP contribution in [0.4, 0.5) is 5.69 Å². The minimum atomic E-state index is 0.444. The molecule has 0 heterocycles. The van der Waals surface area contributed by atoms with Crippen molar-refractivity contribution in [3.8, 4) is 0 Å². The second-order valence-electron chi connectivity index (χ2n) is 4.26. The van der Waals surface area contributed by atoms with Crippen LogP contribution >= 0.6 is 12.2 Å². The van der Waals surface area contributed by atoms with Gasteiger partial charge in [0.2, 0.25) is 0 Å². The van der Waals surface area contributed by atoms with Crippen LogP contribution in [0.5, 0.6) is 0 Å². The van der Waals surface area contributed by atoms with Gasteiger partial charge in [0.05, 0.1) is 0 Å². The molecular weight excluding hydrogens is 240 g/mol. The van der Waals surface area contributed by atoms with Crippen molar-refractivity contribution in [1.82, 2.24) is 0 Å². The van der Waals surface area contributed by atoms with Crippen molar-refractivity contribution in [2.45, 2.75) is 6.54 Å². The van der Waals surface area contributed by atoms with E-state index in [4.69, 9.17) is 18.0 Å². The lowest BCUT2D eigenvalue weighted by molar-refractivity contribution is 0.923. The van der Waals surface area contributed by atoms with Gasteiger partial charge in [-0.1, -0.05) is 48.6 Å². The highest BCUT2D eigenvalue weighted by atomic mass is 32.1. The van der Waals surface area contributed by atoms with Crippen molar-refractivity contribution in [1.29, 1.82) is 0 Å². The molecule has 18 heavy (non-hydrogen) atoms. The van der Waals surface area contributed by atoms with Gasteiger partial charge in [0, 0.05) is 24.8 Å². The van der Waals surface area contributed by atoms with Crippen molar-refractivity contribution in [2.24, 2.45) is 5.73 Å². The average Bonchev–Trinajstić information content (AvgIpc) is 2.40. The molecule has 0 aromatic heterocycles. The molecule has 2 aromatic carbocycles. The first-order chi connectivity index (χ1) is 8.66. The molecule has 0 bridgehead atoms. The molecule has 0 amide bonds. The molecule has 0 saturated carbocycles. The van der Waals surface area contributed by atoms with Gasteiger partial charge < -0.3 is 10.6 Å². The summed E-state index contributed by atoms with van der Waals surface area (Å²) >= 11 is 4.99. The summed E-state index contributed by atoms with van der Waals surface area (Å²) in [7, 11) is 2.07. The Morgan fingerprint density at radius 2 is 1.83 bits per heavy atom. The lowest BCUT2D eigenvalue weighted by Crippen LogP contribution is -2.17. The Morgan fingerprint density at radius 3 is 2.50 bits per heavy atom. The Balaban J connectivity index is 2.14. The fraction of sp³-hybridized carbons (Fsp3) is 0.133. The van der Waals surface area contributed by atoms with E-state index >= 15 is 0 Å². The SMILES string of the molecule is CN(Cc1cccc(C(N)=S)c1)c1ccccc1. The highest BCUT2D eigenvalue weighted by Crippen LogP contribution is 2.15. The Bertz CT molecular complexity index is 537. The first-order valence-electron chi connectivity index (χ1n) is 5.82. The molecule has 0 unspecified atom stereocenters. The maximum Gasteiger partial charge on any atom is 0.103 e. The Hall–Kier alpha value is -1.87. The summed E-state index contributed by atoms with van der Waals surface area (Å²) in [5, 5.41) is 0. The highest BCUT2D eigenvalue weighted by molar-refractivity contribution is 7.80. The standard InChI is InChI=1S/C15H16N2S/c1-17(14-8-3-2-4-9-14)11-12-6-5-7-13(10-12)15(16)18/h2-10H,11H2,1H3,(H2,16,18). The normalized spacial score (nSPS) is 10.1. The Morgan fingerprint density at radius 1 is 1.11 bits per heavy atom. The number of nitrogens with two attached hydrogens (primary N) is 1. The van der Waals surface area contributed by atoms with Crippen molar-refractivity contribution in [2.75, 3.05) is 11.9 Å². The summed E-state index contributed by atoms with van der Waals surface area (Å²) in [4.78, 5) is 2.64. The molecule has 2 N–H and O–H groups in total. The predicted octanol–water partition coefficient (Wildman–Crippen LogP) is 2.96. The maximum absolute atomic E-state index is 5.64. The largest absolute Gasteiger partial charge is 0.389 e. The van der Waals surface area contributed by atoms with Crippen LogP contribution in [0.3, 0.4) is 0 Å². The van der Waals surface area contributed by atoms with E-state index < -0.39 is 0 Å². The number of thiocarbonyl (C=S) groups is 1. The second-order valence-corrected chi connectivity index (χ2v) is 4.70. The summed E-state index contributed by atoms with van der Waals surface area (Å²) in [5.74, 6) is 0. The quantitative estimate of drug-likeness (QED) is 0.853. The summed E-state index contributed by atoms with van der Waals surface area (Å²) in [5.41, 5.74) is 8.96. The molecule has 0 spiro atoms. The van der Waals surface area contributed by atoms with Crippen molar-refractivity contribution in [3.63, 3.8) is 0 Å². The van der Waals surface area contributed by atoms with Gasteiger partial charge in [-0.2, -0.15) is 0 Å². The van der Waals surface area contributed by atoms with E-state index in [2.05, 4.69) is 30.1 Å². The highest BCUT2D eigenvalue weighted by Gasteiger charge is 2.03. The number of hydrogen-bond acceptors (Lipinski definition) is 2. The van der Waals surface area contributed by atoms with Gasteiger partial charge in [-0.3, -0.25) is 0 Å². The zero-order valence-electron chi connectivity index (χ0n) is 10.3. The molecule has 0 aliphatic heterocycles. The number of nitrogens with zero attached hydrogens (tertiary/aromatic N) is 1. The van der Waals surface area contributed by atoms with Gasteiger partial charge in [0.15, 0.2) is 0 Å². The van der Waals surface area contributed by atoms with Crippen LogP contribution in [-0.4, -0.2) is 12.0 Å². The Labute approximate surface area is 113 Å². The third-order valence-corrected chi connectivity index (χ3v) is 3.06. The molecule has 0 fully saturated rings. The van der Waals surface area contributed by atoms with E-state index in [-0.39, 0.29) is 0 Å². The molecule has 0 aliphatic rings. The van der Waals surface area contributed by atoms with Crippen LogP contribution in [0.1, 0.15) is 11.1 Å². The van der Waals surface area contributed by atoms with Gasteiger partial charge in [0.25, 0.3) is 0 Å². The number of benzene rings is 2. The van der Waals surface area contributed by atoms with Crippen LogP contribution in [0.15, 0.2) is 54.6 Å². The number of para-hydroxylation sites is 1. The first-order valence-corrected chi connectivity index (χ1v) is 6.22. The molecule has 92 valence electrons. The molecule has 0 radical (unpaired) electrons. The lowest BCUT2D eigenvalue weighted by atomic mass is 10.1. The zero-order valence-corrected chi connectivity index (χ0v) is 11.2. The van der Waals surface area contributed by atoms with Gasteiger partial charge in [-0.05, 0) is 23.8 Å². The number of rotatable bonds is 4. The third kappa shape index (κ3) is 3.08. The fourth-order valence-electron chi connectivity index (χ4n) is 1.87. The van der Waals surface area contributed by atoms with E-state index in [0.29, 0.717) is 4.99 Å². The summed E-state index contributed by atoms with van der Waals surface area (Å²) < 4.78 is 0. The van der Waals surface area contributed by atoms with E-state index in [1.807, 2.05) is 36.4 Å². The van der Waals surface area contributed by atoms with Gasteiger partial charge >= 0.3 is 0 Å². The molecule has 0 saturated heterocycles. The van der Waals surface area contributed by atoms with Crippen molar-refractivity contribution in [3.05, 3.63) is 65.7 Å². The first kappa shape index (κ1) is 12.6. The molecule has 0 aliphatic carbocycles. The zero-order chi connectivity index (χ0) is 13.0. The molecule has 2 nitrogen and oxygen atoms in total. The molecule has 0 atom stereocenters. The fourth-order valence-corrected chi connectivity index (χ4v) is 2.00. The topological polar surface area (TPSA) is 29.3 Å². The van der Waals surface area contributed by atoms with Gasteiger partial charge in [0.1, 0.15) is 4.99 Å². The second kappa shape index (κ2) is 5.65. The monoisotopic (exact) mass is 256 g/mol. The smallest absolute Gasteiger partial charge is 0.103 e. The van der Waals surface area contributed by atoms with Crippen molar-refractivity contribution >= 4 is 22.9 Å². The molecule has 2 aromatic rings. The lowest BCUT2D eigenvalue weighted by Gasteiger charge is -2.19. The average molecular weight is 256 g/mol. The summed E-state index contributed by atoms with van der Waals surface area (Å²) in [6, 6.07) is 18.3. The van der Waals surface area contributed by atoms with Crippen LogP contribution in [0.2, 0.25) is 0 Å².